The van der Waals surface area contributed by atoms with Gasteiger partial charge in [0.1, 0.15) is 4.83 Å². The molecular formula is C18H25N3O2S2. The zero-order valence-corrected chi connectivity index (χ0v) is 16.8. The summed E-state index contributed by atoms with van der Waals surface area (Å²) in [6.45, 7) is 8.40. The number of carbonyl (C=O) groups is 1. The van der Waals surface area contributed by atoms with E-state index in [-0.39, 0.29) is 23.3 Å². The lowest BCUT2D eigenvalue weighted by Gasteiger charge is -2.17. The van der Waals surface area contributed by atoms with Gasteiger partial charge in [-0.1, -0.05) is 32.5 Å². The van der Waals surface area contributed by atoms with Gasteiger partial charge in [-0.15, -0.1) is 11.3 Å². The van der Waals surface area contributed by atoms with Crippen LogP contribution in [0.3, 0.4) is 0 Å². The molecule has 0 bridgehead atoms. The van der Waals surface area contributed by atoms with Crippen LogP contribution in [0.25, 0.3) is 10.2 Å². The van der Waals surface area contributed by atoms with Gasteiger partial charge in [0.05, 0.1) is 11.1 Å². The number of thiophene rings is 1. The summed E-state index contributed by atoms with van der Waals surface area (Å²) in [4.78, 5) is 34.1. The highest BCUT2D eigenvalue weighted by Crippen LogP contribution is 2.36. The van der Waals surface area contributed by atoms with Crippen molar-refractivity contribution in [3.05, 3.63) is 20.8 Å². The van der Waals surface area contributed by atoms with Crippen molar-refractivity contribution in [2.75, 3.05) is 5.75 Å². The molecule has 7 heteroatoms. The third-order valence-corrected chi connectivity index (χ3v) is 6.89. The number of nitrogens with one attached hydrogen (secondary N) is 2. The molecule has 1 aliphatic carbocycles. The molecule has 1 amide bonds. The number of carbonyl (C=O) groups excluding carboxylic acids is 1. The summed E-state index contributed by atoms with van der Waals surface area (Å²) in [5.41, 5.74) is 1.11. The third kappa shape index (κ3) is 4.08. The Kier molecular flexibility index (Phi) is 5.53. The number of aromatic nitrogens is 2. The monoisotopic (exact) mass is 379 g/mol. The van der Waals surface area contributed by atoms with E-state index >= 15 is 0 Å². The van der Waals surface area contributed by atoms with Gasteiger partial charge in [-0.25, -0.2) is 4.98 Å². The summed E-state index contributed by atoms with van der Waals surface area (Å²) in [5.74, 6) is 1.28. The van der Waals surface area contributed by atoms with Gasteiger partial charge in [-0.3, -0.25) is 9.59 Å². The van der Waals surface area contributed by atoms with Crippen molar-refractivity contribution in [3.63, 3.8) is 0 Å². The Balaban J connectivity index is 1.75. The SMILES string of the molecule is CC(C)[C@H](C)NC(=O)CSc1nc2sc3c(c2c(=O)[nH]1)CC[C@@H](C)C3. The van der Waals surface area contributed by atoms with Crippen molar-refractivity contribution in [3.8, 4) is 0 Å². The fraction of sp³-hybridized carbons (Fsp3) is 0.611. The maximum Gasteiger partial charge on any atom is 0.260 e. The number of nitrogens with zero attached hydrogens (tertiary/aromatic N) is 1. The van der Waals surface area contributed by atoms with Crippen LogP contribution in [-0.4, -0.2) is 27.7 Å². The Morgan fingerprint density at radius 1 is 1.44 bits per heavy atom. The first-order chi connectivity index (χ1) is 11.8. The number of thioether (sulfide) groups is 1. The Labute approximate surface area is 156 Å². The van der Waals surface area contributed by atoms with E-state index in [1.54, 1.807) is 11.3 Å². The first-order valence-corrected chi connectivity index (χ1v) is 10.6. The topological polar surface area (TPSA) is 74.8 Å². The number of rotatable bonds is 5. The number of H-pyrrole nitrogens is 1. The third-order valence-electron chi connectivity index (χ3n) is 4.87. The highest BCUT2D eigenvalue weighted by Gasteiger charge is 2.23. The molecule has 0 aromatic carbocycles. The number of hydrogen-bond donors (Lipinski definition) is 2. The van der Waals surface area contributed by atoms with Crippen LogP contribution in [0.4, 0.5) is 0 Å². The molecule has 2 atom stereocenters. The highest BCUT2D eigenvalue weighted by atomic mass is 32.2. The van der Waals surface area contributed by atoms with Crippen molar-refractivity contribution < 1.29 is 4.79 Å². The molecule has 0 saturated carbocycles. The second-order valence-corrected chi connectivity index (χ2v) is 9.34. The molecule has 0 spiro atoms. The molecule has 0 fully saturated rings. The maximum atomic E-state index is 12.5. The predicted molar refractivity (Wildman–Crippen MR) is 105 cm³/mol. The van der Waals surface area contributed by atoms with Crippen LogP contribution in [0.5, 0.6) is 0 Å². The number of fused-ring (bicyclic) bond motifs is 3. The molecule has 0 unspecified atom stereocenters. The number of aromatic amines is 1. The molecule has 136 valence electrons. The minimum atomic E-state index is -0.0736. The number of hydrogen-bond acceptors (Lipinski definition) is 5. The Morgan fingerprint density at radius 3 is 2.92 bits per heavy atom. The number of aryl methyl sites for hydroxylation is 1. The molecule has 3 rings (SSSR count). The van der Waals surface area contributed by atoms with Crippen LogP contribution in [0, 0.1) is 11.8 Å². The van der Waals surface area contributed by atoms with E-state index in [0.717, 1.165) is 29.5 Å². The minimum Gasteiger partial charge on any atom is -0.353 e. The van der Waals surface area contributed by atoms with Gasteiger partial charge in [0, 0.05) is 10.9 Å². The van der Waals surface area contributed by atoms with Gasteiger partial charge in [-0.05, 0) is 43.6 Å². The Bertz CT molecular complexity index is 841. The lowest BCUT2D eigenvalue weighted by molar-refractivity contribution is -0.119. The molecule has 0 saturated heterocycles. The van der Waals surface area contributed by atoms with Crippen molar-refractivity contribution in [2.24, 2.45) is 11.8 Å². The molecular weight excluding hydrogens is 354 g/mol. The average Bonchev–Trinajstić information content (AvgIpc) is 2.90. The van der Waals surface area contributed by atoms with Crippen molar-refractivity contribution in [2.45, 2.75) is 58.2 Å². The molecule has 2 aromatic rings. The van der Waals surface area contributed by atoms with E-state index in [2.05, 4.69) is 36.1 Å². The zero-order valence-electron chi connectivity index (χ0n) is 15.1. The summed E-state index contributed by atoms with van der Waals surface area (Å²) in [7, 11) is 0. The van der Waals surface area contributed by atoms with E-state index in [0.29, 0.717) is 17.0 Å². The summed E-state index contributed by atoms with van der Waals surface area (Å²) in [5, 5.41) is 4.25. The van der Waals surface area contributed by atoms with Crippen LogP contribution < -0.4 is 10.9 Å². The van der Waals surface area contributed by atoms with Gasteiger partial charge in [-0.2, -0.15) is 0 Å². The Hall–Kier alpha value is -1.34. The van der Waals surface area contributed by atoms with E-state index in [9.17, 15) is 9.59 Å². The standard InChI is InChI=1S/C18H25N3O2S2/c1-9(2)11(4)19-14(22)8-24-18-20-16(23)15-12-6-5-10(3)7-13(12)25-17(15)21-18/h9-11H,5-8H2,1-4H3,(H,19,22)(H,20,21,23)/t10-,11+/m1/s1. The first-order valence-electron chi connectivity index (χ1n) is 8.82. The molecule has 2 aromatic heterocycles. The number of amides is 1. The van der Waals surface area contributed by atoms with Crippen LogP contribution in [-0.2, 0) is 17.6 Å². The molecule has 25 heavy (non-hydrogen) atoms. The molecule has 5 nitrogen and oxygen atoms in total. The predicted octanol–water partition coefficient (Wildman–Crippen LogP) is 3.36. The van der Waals surface area contributed by atoms with Gasteiger partial charge in [0.2, 0.25) is 5.91 Å². The van der Waals surface area contributed by atoms with Gasteiger partial charge < -0.3 is 10.3 Å². The Morgan fingerprint density at radius 2 is 2.20 bits per heavy atom. The maximum absolute atomic E-state index is 12.5. The quantitative estimate of drug-likeness (QED) is 0.617. The van der Waals surface area contributed by atoms with Crippen LogP contribution in [0.2, 0.25) is 0 Å². The van der Waals surface area contributed by atoms with E-state index < -0.39 is 0 Å². The van der Waals surface area contributed by atoms with Gasteiger partial charge in [0.15, 0.2) is 5.16 Å². The summed E-state index contributed by atoms with van der Waals surface area (Å²) in [6.07, 6.45) is 3.13. The molecule has 1 aliphatic rings. The molecule has 2 N–H and O–H groups in total. The summed E-state index contributed by atoms with van der Waals surface area (Å²) < 4.78 is 0. The smallest absolute Gasteiger partial charge is 0.260 e. The summed E-state index contributed by atoms with van der Waals surface area (Å²) in [6, 6.07) is 0.133. The molecule has 2 heterocycles. The second-order valence-electron chi connectivity index (χ2n) is 7.29. The van der Waals surface area contributed by atoms with Crippen LogP contribution in [0.15, 0.2) is 9.95 Å². The van der Waals surface area contributed by atoms with E-state index in [1.165, 1.54) is 22.2 Å². The molecule has 0 aliphatic heterocycles. The fourth-order valence-electron chi connectivity index (χ4n) is 2.99. The van der Waals surface area contributed by atoms with Gasteiger partial charge in [0.25, 0.3) is 5.56 Å². The van der Waals surface area contributed by atoms with Crippen LogP contribution >= 0.6 is 23.1 Å². The normalized spacial score (nSPS) is 18.4. The van der Waals surface area contributed by atoms with E-state index in [1.807, 2.05) is 6.92 Å². The lowest BCUT2D eigenvalue weighted by atomic mass is 9.89. The first kappa shape index (κ1) is 18.5. The fourth-order valence-corrected chi connectivity index (χ4v) is 5.11. The highest BCUT2D eigenvalue weighted by molar-refractivity contribution is 7.99. The van der Waals surface area contributed by atoms with Crippen molar-refractivity contribution in [1.29, 1.82) is 0 Å². The lowest BCUT2D eigenvalue weighted by Crippen LogP contribution is -2.37. The van der Waals surface area contributed by atoms with Crippen LogP contribution in [0.1, 0.15) is 44.6 Å². The van der Waals surface area contributed by atoms with E-state index in [4.69, 9.17) is 0 Å². The van der Waals surface area contributed by atoms with Gasteiger partial charge >= 0.3 is 0 Å². The average molecular weight is 380 g/mol. The van der Waals surface area contributed by atoms with Crippen molar-refractivity contribution >= 4 is 39.2 Å². The van der Waals surface area contributed by atoms with Crippen molar-refractivity contribution in [1.82, 2.24) is 15.3 Å². The summed E-state index contributed by atoms with van der Waals surface area (Å²) >= 11 is 2.92. The second kappa shape index (κ2) is 7.50. The minimum absolute atomic E-state index is 0.0340. The zero-order chi connectivity index (χ0) is 18.1. The molecule has 0 radical (unpaired) electrons. The largest absolute Gasteiger partial charge is 0.353 e.